The third kappa shape index (κ3) is 3.30. The molecule has 2 heterocycles. The first-order chi connectivity index (χ1) is 12.2. The van der Waals surface area contributed by atoms with Crippen molar-refractivity contribution < 1.29 is 13.9 Å². The summed E-state index contributed by atoms with van der Waals surface area (Å²) >= 11 is 0. The van der Waals surface area contributed by atoms with E-state index in [1.165, 1.54) is 6.07 Å². The van der Waals surface area contributed by atoms with Crippen LogP contribution in [0.2, 0.25) is 0 Å². The second-order valence-corrected chi connectivity index (χ2v) is 6.33. The number of hydrogen-bond donors (Lipinski definition) is 2. The van der Waals surface area contributed by atoms with Gasteiger partial charge in [0.1, 0.15) is 18.2 Å². The number of anilines is 1. The Balaban J connectivity index is 1.48. The predicted octanol–water partition coefficient (Wildman–Crippen LogP) is 2.90. The fourth-order valence-electron chi connectivity index (χ4n) is 3.31. The molecule has 2 aliphatic heterocycles. The molecule has 5 nitrogen and oxygen atoms in total. The smallest absolute Gasteiger partial charge is 0.322 e. The van der Waals surface area contributed by atoms with Crippen LogP contribution in [-0.4, -0.2) is 30.6 Å². The molecule has 2 amide bonds. The predicted molar refractivity (Wildman–Crippen MR) is 93.2 cm³/mol. The van der Waals surface area contributed by atoms with E-state index in [1.54, 1.807) is 11.0 Å². The fraction of sp³-hybridized carbons (Fsp3) is 0.316. The number of carbonyl (C=O) groups excluding carboxylic acids is 1. The van der Waals surface area contributed by atoms with Gasteiger partial charge >= 0.3 is 6.03 Å². The summed E-state index contributed by atoms with van der Waals surface area (Å²) in [6.07, 6.45) is 0.669. The topological polar surface area (TPSA) is 53.6 Å². The highest BCUT2D eigenvalue weighted by Crippen LogP contribution is 2.26. The van der Waals surface area contributed by atoms with E-state index >= 15 is 0 Å². The average Bonchev–Trinajstić information content (AvgIpc) is 2.87. The van der Waals surface area contributed by atoms with Crippen LogP contribution in [0.1, 0.15) is 16.7 Å². The molecule has 0 aromatic heterocycles. The van der Waals surface area contributed by atoms with E-state index < -0.39 is 0 Å². The fourth-order valence-corrected chi connectivity index (χ4v) is 3.31. The van der Waals surface area contributed by atoms with Crippen LogP contribution in [0, 0.1) is 5.82 Å². The van der Waals surface area contributed by atoms with Crippen molar-refractivity contribution in [2.75, 3.05) is 25.0 Å². The summed E-state index contributed by atoms with van der Waals surface area (Å²) in [5.74, 6) is 0.597. The van der Waals surface area contributed by atoms with Crippen LogP contribution in [0.15, 0.2) is 36.4 Å². The van der Waals surface area contributed by atoms with Crippen molar-refractivity contribution >= 4 is 11.7 Å². The van der Waals surface area contributed by atoms with Gasteiger partial charge in [0.25, 0.3) is 0 Å². The van der Waals surface area contributed by atoms with Crippen LogP contribution >= 0.6 is 0 Å². The van der Waals surface area contributed by atoms with Crippen LogP contribution in [0.4, 0.5) is 14.9 Å². The maximum absolute atomic E-state index is 14.0. The molecular weight excluding hydrogens is 321 g/mol. The van der Waals surface area contributed by atoms with E-state index in [0.29, 0.717) is 38.2 Å². The van der Waals surface area contributed by atoms with Gasteiger partial charge in [-0.2, -0.15) is 0 Å². The first-order valence-electron chi connectivity index (χ1n) is 8.49. The van der Waals surface area contributed by atoms with Crippen LogP contribution < -0.4 is 15.4 Å². The number of halogens is 1. The van der Waals surface area contributed by atoms with Crippen molar-refractivity contribution in [1.29, 1.82) is 0 Å². The molecule has 0 fully saturated rings. The lowest BCUT2D eigenvalue weighted by Gasteiger charge is -2.29. The van der Waals surface area contributed by atoms with E-state index in [0.717, 1.165) is 29.1 Å². The van der Waals surface area contributed by atoms with Gasteiger partial charge in [-0.15, -0.1) is 0 Å². The molecule has 25 heavy (non-hydrogen) atoms. The number of benzene rings is 2. The minimum absolute atomic E-state index is 0.212. The standard InChI is InChI=1S/C19H20FN3O2/c20-17-3-1-2-13-6-8-23(12-16(13)17)19(24)22-15-4-5-18-14(10-15)11-21-7-9-25-18/h1-5,10,21H,6-9,11-12H2,(H,22,24). The Morgan fingerprint density at radius 2 is 2.16 bits per heavy atom. The van der Waals surface area contributed by atoms with Crippen molar-refractivity contribution in [2.24, 2.45) is 0 Å². The van der Waals surface area contributed by atoms with Gasteiger partial charge in [-0.3, -0.25) is 0 Å². The summed E-state index contributed by atoms with van der Waals surface area (Å²) in [5.41, 5.74) is 3.33. The van der Waals surface area contributed by atoms with Gasteiger partial charge in [-0.25, -0.2) is 9.18 Å². The first-order valence-corrected chi connectivity index (χ1v) is 8.49. The highest BCUT2D eigenvalue weighted by atomic mass is 19.1. The number of nitrogens with zero attached hydrogens (tertiary/aromatic N) is 1. The number of hydrogen-bond acceptors (Lipinski definition) is 3. The Bertz CT molecular complexity index is 809. The van der Waals surface area contributed by atoms with Gasteiger partial charge in [0, 0.05) is 36.4 Å². The summed E-state index contributed by atoms with van der Waals surface area (Å²) in [6, 6.07) is 10.5. The molecule has 6 heteroatoms. The van der Waals surface area contributed by atoms with Crippen molar-refractivity contribution in [3.63, 3.8) is 0 Å². The van der Waals surface area contributed by atoms with Gasteiger partial charge in [0.05, 0.1) is 6.54 Å². The summed E-state index contributed by atoms with van der Waals surface area (Å²) in [5, 5.41) is 6.19. The maximum Gasteiger partial charge on any atom is 0.322 e. The lowest BCUT2D eigenvalue weighted by atomic mass is 9.99. The third-order valence-corrected chi connectivity index (χ3v) is 4.67. The highest BCUT2D eigenvalue weighted by Gasteiger charge is 2.23. The van der Waals surface area contributed by atoms with E-state index in [9.17, 15) is 9.18 Å². The highest BCUT2D eigenvalue weighted by molar-refractivity contribution is 5.89. The number of amides is 2. The van der Waals surface area contributed by atoms with Crippen molar-refractivity contribution in [2.45, 2.75) is 19.5 Å². The molecule has 2 aromatic carbocycles. The Hall–Kier alpha value is -2.60. The SMILES string of the molecule is O=C(Nc1ccc2c(c1)CNCCO2)N1CCc2cccc(F)c2C1. The van der Waals surface area contributed by atoms with Crippen molar-refractivity contribution in [3.8, 4) is 5.75 Å². The molecule has 4 rings (SSSR count). The zero-order valence-electron chi connectivity index (χ0n) is 13.8. The minimum Gasteiger partial charge on any atom is -0.492 e. The maximum atomic E-state index is 14.0. The third-order valence-electron chi connectivity index (χ3n) is 4.67. The van der Waals surface area contributed by atoms with Gasteiger partial charge in [0.2, 0.25) is 0 Å². The quantitative estimate of drug-likeness (QED) is 0.839. The van der Waals surface area contributed by atoms with E-state index in [4.69, 9.17) is 4.74 Å². The van der Waals surface area contributed by atoms with E-state index in [-0.39, 0.29) is 11.8 Å². The summed E-state index contributed by atoms with van der Waals surface area (Å²) < 4.78 is 19.6. The Labute approximate surface area is 145 Å². The summed E-state index contributed by atoms with van der Waals surface area (Å²) in [4.78, 5) is 14.2. The molecule has 130 valence electrons. The zero-order chi connectivity index (χ0) is 17.2. The molecular formula is C19H20FN3O2. The van der Waals surface area contributed by atoms with Crippen LogP contribution in [0.3, 0.4) is 0 Å². The molecule has 0 spiro atoms. The van der Waals surface area contributed by atoms with Crippen LogP contribution in [0.5, 0.6) is 5.75 Å². The van der Waals surface area contributed by atoms with E-state index in [1.807, 2.05) is 24.3 Å². The van der Waals surface area contributed by atoms with Crippen LogP contribution in [0.25, 0.3) is 0 Å². The number of fused-ring (bicyclic) bond motifs is 2. The van der Waals surface area contributed by atoms with Crippen LogP contribution in [-0.2, 0) is 19.5 Å². The molecule has 0 bridgehead atoms. The minimum atomic E-state index is -0.247. The zero-order valence-corrected chi connectivity index (χ0v) is 13.8. The molecule has 0 saturated heterocycles. The normalized spacial score (nSPS) is 16.3. The number of carbonyl (C=O) groups is 1. The molecule has 0 saturated carbocycles. The van der Waals surface area contributed by atoms with Crippen molar-refractivity contribution in [1.82, 2.24) is 10.2 Å². The monoisotopic (exact) mass is 341 g/mol. The van der Waals surface area contributed by atoms with Crippen molar-refractivity contribution in [3.05, 3.63) is 58.9 Å². The largest absolute Gasteiger partial charge is 0.492 e. The second kappa shape index (κ2) is 6.72. The Kier molecular flexibility index (Phi) is 4.28. The number of ether oxygens (including phenoxy) is 1. The second-order valence-electron chi connectivity index (χ2n) is 6.33. The number of nitrogens with one attached hydrogen (secondary N) is 2. The first kappa shape index (κ1) is 15.9. The molecule has 0 aliphatic carbocycles. The van der Waals surface area contributed by atoms with Gasteiger partial charge in [0.15, 0.2) is 0 Å². The summed E-state index contributed by atoms with van der Waals surface area (Å²) in [6.45, 7) is 3.02. The van der Waals surface area contributed by atoms with Gasteiger partial charge in [-0.1, -0.05) is 12.1 Å². The molecule has 2 N–H and O–H groups in total. The molecule has 0 atom stereocenters. The number of urea groups is 1. The van der Waals surface area contributed by atoms with E-state index in [2.05, 4.69) is 10.6 Å². The molecule has 0 radical (unpaired) electrons. The lowest BCUT2D eigenvalue weighted by Crippen LogP contribution is -2.39. The Morgan fingerprint density at radius 1 is 1.24 bits per heavy atom. The number of rotatable bonds is 1. The van der Waals surface area contributed by atoms with Gasteiger partial charge in [-0.05, 0) is 36.2 Å². The summed E-state index contributed by atoms with van der Waals surface area (Å²) in [7, 11) is 0. The average molecular weight is 341 g/mol. The Morgan fingerprint density at radius 3 is 3.08 bits per heavy atom. The molecule has 0 unspecified atom stereocenters. The molecule has 2 aliphatic rings. The lowest BCUT2D eigenvalue weighted by molar-refractivity contribution is 0.205. The van der Waals surface area contributed by atoms with Gasteiger partial charge < -0.3 is 20.3 Å². The molecule has 2 aromatic rings.